The van der Waals surface area contributed by atoms with Gasteiger partial charge in [-0.1, -0.05) is 15.9 Å². The monoisotopic (exact) mass is 269 g/mol. The van der Waals surface area contributed by atoms with Gasteiger partial charge in [-0.15, -0.1) is 0 Å². The smallest absolute Gasteiger partial charge is 0.147 e. The summed E-state index contributed by atoms with van der Waals surface area (Å²) in [5.41, 5.74) is 0. The number of hydrogen-bond donors (Lipinski definition) is 0. The molecule has 1 aromatic rings. The molecule has 1 saturated heterocycles. The van der Waals surface area contributed by atoms with E-state index in [9.17, 15) is 0 Å². The second-order valence-corrected chi connectivity index (χ2v) is 4.68. The molecule has 1 unspecified atom stereocenters. The van der Waals surface area contributed by atoms with Crippen LogP contribution in [-0.2, 0) is 0 Å². The van der Waals surface area contributed by atoms with Crippen molar-refractivity contribution in [2.75, 3.05) is 16.8 Å². The molecule has 0 bridgehead atoms. The lowest BCUT2D eigenvalue weighted by molar-refractivity contribution is 0.600. The van der Waals surface area contributed by atoms with E-state index in [-0.39, 0.29) is 0 Å². The number of hydrogen-bond acceptors (Lipinski definition) is 3. The zero-order valence-electron chi connectivity index (χ0n) is 8.77. The highest BCUT2D eigenvalue weighted by molar-refractivity contribution is 9.09. The van der Waals surface area contributed by atoms with E-state index >= 15 is 0 Å². The molecule has 0 aromatic carbocycles. The summed E-state index contributed by atoms with van der Waals surface area (Å²) < 4.78 is 0. The van der Waals surface area contributed by atoms with Gasteiger partial charge in [0.15, 0.2) is 0 Å². The molecule has 2 rings (SSSR count). The fourth-order valence-corrected chi connectivity index (χ4v) is 2.51. The topological polar surface area (TPSA) is 29.0 Å². The minimum atomic E-state index is 0.666. The fourth-order valence-electron chi connectivity index (χ4n) is 2.19. The van der Waals surface area contributed by atoms with Crippen LogP contribution in [0, 0.1) is 0 Å². The highest BCUT2D eigenvalue weighted by Gasteiger charge is 2.24. The van der Waals surface area contributed by atoms with Gasteiger partial charge in [0.1, 0.15) is 5.82 Å². The van der Waals surface area contributed by atoms with Crippen LogP contribution in [0.1, 0.15) is 25.7 Å². The highest BCUT2D eigenvalue weighted by atomic mass is 79.9. The van der Waals surface area contributed by atoms with Crippen molar-refractivity contribution in [2.45, 2.75) is 31.7 Å². The van der Waals surface area contributed by atoms with Crippen molar-refractivity contribution in [1.29, 1.82) is 0 Å². The van der Waals surface area contributed by atoms with Crippen LogP contribution < -0.4 is 4.90 Å². The first-order chi connectivity index (χ1) is 7.42. The summed E-state index contributed by atoms with van der Waals surface area (Å²) >= 11 is 3.49. The Bertz CT molecular complexity index is 291. The van der Waals surface area contributed by atoms with Gasteiger partial charge in [0.25, 0.3) is 0 Å². The van der Waals surface area contributed by atoms with Crippen LogP contribution >= 0.6 is 15.9 Å². The van der Waals surface area contributed by atoms with Crippen molar-refractivity contribution in [3.63, 3.8) is 0 Å². The molecule has 0 aliphatic carbocycles. The van der Waals surface area contributed by atoms with Crippen LogP contribution in [0.15, 0.2) is 18.6 Å². The van der Waals surface area contributed by atoms with Gasteiger partial charge in [-0.2, -0.15) is 0 Å². The molecule has 0 spiro atoms. The molecule has 15 heavy (non-hydrogen) atoms. The average Bonchev–Trinajstić information content (AvgIpc) is 2.75. The minimum absolute atomic E-state index is 0.666. The standard InChI is InChI=1S/C11H16BrN3/c12-5-1-3-10-4-2-8-15(10)11-9-13-6-7-14-11/h6-7,9-10H,1-5,8H2. The van der Waals surface area contributed by atoms with Gasteiger partial charge < -0.3 is 4.90 Å². The largest absolute Gasteiger partial charge is 0.352 e. The van der Waals surface area contributed by atoms with Crippen molar-refractivity contribution < 1.29 is 0 Å². The van der Waals surface area contributed by atoms with Crippen molar-refractivity contribution in [3.05, 3.63) is 18.6 Å². The number of rotatable bonds is 4. The Morgan fingerprint density at radius 1 is 1.47 bits per heavy atom. The van der Waals surface area contributed by atoms with E-state index in [1.807, 2.05) is 6.20 Å². The van der Waals surface area contributed by atoms with E-state index in [0.717, 1.165) is 17.7 Å². The van der Waals surface area contributed by atoms with Crippen LogP contribution in [0.4, 0.5) is 5.82 Å². The molecule has 4 heteroatoms. The average molecular weight is 270 g/mol. The van der Waals surface area contributed by atoms with Crippen LogP contribution in [0.3, 0.4) is 0 Å². The van der Waals surface area contributed by atoms with Gasteiger partial charge in [-0.3, -0.25) is 4.98 Å². The van der Waals surface area contributed by atoms with E-state index in [4.69, 9.17) is 0 Å². The molecule has 1 aliphatic heterocycles. The molecule has 1 aromatic heterocycles. The second kappa shape index (κ2) is 5.45. The first kappa shape index (κ1) is 10.9. The van der Waals surface area contributed by atoms with Crippen LogP contribution in [0.5, 0.6) is 0 Å². The molecule has 1 atom stereocenters. The number of anilines is 1. The van der Waals surface area contributed by atoms with E-state index in [0.29, 0.717) is 6.04 Å². The number of nitrogens with zero attached hydrogens (tertiary/aromatic N) is 3. The molecular weight excluding hydrogens is 254 g/mol. The highest BCUT2D eigenvalue weighted by Crippen LogP contribution is 2.25. The minimum Gasteiger partial charge on any atom is -0.352 e. The summed E-state index contributed by atoms with van der Waals surface area (Å²) in [6, 6.07) is 0.666. The third kappa shape index (κ3) is 2.68. The summed E-state index contributed by atoms with van der Waals surface area (Å²) in [5.74, 6) is 1.04. The van der Waals surface area contributed by atoms with Gasteiger partial charge >= 0.3 is 0 Å². The molecule has 0 saturated carbocycles. The molecule has 3 nitrogen and oxygen atoms in total. The van der Waals surface area contributed by atoms with Crippen molar-refractivity contribution in [2.24, 2.45) is 0 Å². The predicted molar refractivity (Wildman–Crippen MR) is 65.4 cm³/mol. The van der Waals surface area contributed by atoms with Crippen LogP contribution in [-0.4, -0.2) is 27.9 Å². The molecule has 1 aliphatic rings. The van der Waals surface area contributed by atoms with Crippen LogP contribution in [0.25, 0.3) is 0 Å². The summed E-state index contributed by atoms with van der Waals surface area (Å²) in [7, 11) is 0. The molecular formula is C11H16BrN3. The summed E-state index contributed by atoms with van der Waals surface area (Å²) in [4.78, 5) is 10.9. The quantitative estimate of drug-likeness (QED) is 0.787. The van der Waals surface area contributed by atoms with Gasteiger partial charge in [-0.05, 0) is 25.7 Å². The maximum absolute atomic E-state index is 4.37. The normalized spacial score (nSPS) is 20.9. The van der Waals surface area contributed by atoms with E-state index < -0.39 is 0 Å². The maximum atomic E-state index is 4.37. The summed E-state index contributed by atoms with van der Waals surface area (Å²) in [6.45, 7) is 1.13. The first-order valence-corrected chi connectivity index (χ1v) is 6.62. The van der Waals surface area contributed by atoms with Gasteiger partial charge in [0, 0.05) is 30.3 Å². The van der Waals surface area contributed by atoms with Crippen LogP contribution in [0.2, 0.25) is 0 Å². The Morgan fingerprint density at radius 2 is 2.40 bits per heavy atom. The lowest BCUT2D eigenvalue weighted by Gasteiger charge is -2.25. The maximum Gasteiger partial charge on any atom is 0.147 e. The third-order valence-corrected chi connectivity index (χ3v) is 3.45. The van der Waals surface area contributed by atoms with Gasteiger partial charge in [0.2, 0.25) is 0 Å². The van der Waals surface area contributed by atoms with Crippen molar-refractivity contribution in [1.82, 2.24) is 9.97 Å². The number of alkyl halides is 1. The fraction of sp³-hybridized carbons (Fsp3) is 0.636. The summed E-state index contributed by atoms with van der Waals surface area (Å²) in [5, 5.41) is 1.10. The first-order valence-electron chi connectivity index (χ1n) is 5.50. The Kier molecular flexibility index (Phi) is 3.94. The van der Waals surface area contributed by atoms with E-state index in [1.165, 1.54) is 25.7 Å². The molecule has 0 N–H and O–H groups in total. The lowest BCUT2D eigenvalue weighted by atomic mass is 10.1. The SMILES string of the molecule is BrCCCC1CCCN1c1cnccn1. The number of aromatic nitrogens is 2. The van der Waals surface area contributed by atoms with Crippen molar-refractivity contribution in [3.8, 4) is 0 Å². The van der Waals surface area contributed by atoms with Gasteiger partial charge in [0.05, 0.1) is 6.20 Å². The third-order valence-electron chi connectivity index (χ3n) is 2.89. The Labute approximate surface area is 99.0 Å². The second-order valence-electron chi connectivity index (χ2n) is 3.88. The Balaban J connectivity index is 2.01. The summed E-state index contributed by atoms with van der Waals surface area (Å²) in [6.07, 6.45) is 10.4. The Hall–Kier alpha value is -0.640. The molecule has 0 radical (unpaired) electrons. The van der Waals surface area contributed by atoms with E-state index in [2.05, 4.69) is 30.8 Å². The molecule has 0 amide bonds. The predicted octanol–water partition coefficient (Wildman–Crippen LogP) is 2.62. The number of halogens is 1. The molecule has 82 valence electrons. The lowest BCUT2D eigenvalue weighted by Crippen LogP contribution is -2.29. The zero-order chi connectivity index (χ0) is 10.5. The molecule has 2 heterocycles. The zero-order valence-corrected chi connectivity index (χ0v) is 10.4. The van der Waals surface area contributed by atoms with E-state index in [1.54, 1.807) is 12.4 Å². The Morgan fingerprint density at radius 3 is 3.13 bits per heavy atom. The van der Waals surface area contributed by atoms with Crippen molar-refractivity contribution >= 4 is 21.7 Å². The molecule has 1 fully saturated rings. The van der Waals surface area contributed by atoms with Gasteiger partial charge in [-0.25, -0.2) is 4.98 Å².